The number of carbonyl (C=O) groups is 1. The van der Waals surface area contributed by atoms with Gasteiger partial charge in [0.2, 0.25) is 0 Å². The second kappa shape index (κ2) is 7.07. The van der Waals surface area contributed by atoms with Gasteiger partial charge in [0.1, 0.15) is 22.9 Å². The maximum Gasteiger partial charge on any atom is 0.255 e. The number of halogens is 1. The van der Waals surface area contributed by atoms with Gasteiger partial charge < -0.3 is 19.7 Å². The van der Waals surface area contributed by atoms with Gasteiger partial charge in [0.25, 0.3) is 5.91 Å². The zero-order valence-electron chi connectivity index (χ0n) is 15.0. The molecule has 0 aliphatic heterocycles. The van der Waals surface area contributed by atoms with Gasteiger partial charge in [-0.05, 0) is 44.2 Å². The molecule has 1 aromatic heterocycles. The van der Waals surface area contributed by atoms with Crippen molar-refractivity contribution in [3.63, 3.8) is 0 Å². The average molecular weight is 356 g/mol. The van der Waals surface area contributed by atoms with E-state index in [4.69, 9.17) is 4.42 Å². The molecule has 6 heteroatoms. The van der Waals surface area contributed by atoms with Crippen molar-refractivity contribution < 1.29 is 18.7 Å². The predicted octanol–water partition coefficient (Wildman–Crippen LogP) is 4.15. The molecule has 3 aromatic rings. The zero-order chi connectivity index (χ0) is 18.8. The summed E-state index contributed by atoms with van der Waals surface area (Å²) in [6.07, 6.45) is 0. The number of anilines is 1. The monoisotopic (exact) mass is 356 g/mol. The van der Waals surface area contributed by atoms with Crippen LogP contribution in [0.1, 0.15) is 24.2 Å². The van der Waals surface area contributed by atoms with E-state index in [0.717, 1.165) is 13.1 Å². The van der Waals surface area contributed by atoms with Crippen LogP contribution in [-0.4, -0.2) is 31.2 Å². The minimum Gasteiger partial charge on any atom is -0.506 e. The molecule has 0 saturated heterocycles. The third kappa shape index (κ3) is 2.98. The normalized spacial score (nSPS) is 10.9. The molecule has 2 aromatic carbocycles. The van der Waals surface area contributed by atoms with Gasteiger partial charge >= 0.3 is 0 Å². The highest BCUT2D eigenvalue weighted by molar-refractivity contribution is 6.12. The number of phenolic OH excluding ortho intramolecular Hbond substituents is 1. The summed E-state index contributed by atoms with van der Waals surface area (Å²) < 4.78 is 19.2. The molecule has 0 aliphatic rings. The van der Waals surface area contributed by atoms with Gasteiger partial charge in [-0.15, -0.1) is 0 Å². The standard InChI is InChI=1S/C20H21FN2O3/c1-4-23(5-2)15-11-17-14(10-16(15)24)18(20(25)22-3)19(26-17)12-6-8-13(21)9-7-12/h6-11,24H,4-5H2,1-3H3,(H,22,25). The summed E-state index contributed by atoms with van der Waals surface area (Å²) in [6, 6.07) is 9.03. The Morgan fingerprint density at radius 2 is 1.85 bits per heavy atom. The summed E-state index contributed by atoms with van der Waals surface area (Å²) >= 11 is 0. The lowest BCUT2D eigenvalue weighted by atomic mass is 10.0. The molecule has 0 unspecified atom stereocenters. The van der Waals surface area contributed by atoms with Gasteiger partial charge in [-0.2, -0.15) is 0 Å². The van der Waals surface area contributed by atoms with Crippen LogP contribution in [0.5, 0.6) is 5.75 Å². The molecule has 0 fully saturated rings. The van der Waals surface area contributed by atoms with Crippen LogP contribution in [0.15, 0.2) is 40.8 Å². The van der Waals surface area contributed by atoms with Crippen LogP contribution in [0.4, 0.5) is 10.1 Å². The topological polar surface area (TPSA) is 65.7 Å². The van der Waals surface area contributed by atoms with Gasteiger partial charge in [-0.3, -0.25) is 4.79 Å². The average Bonchev–Trinajstić information content (AvgIpc) is 3.01. The van der Waals surface area contributed by atoms with Crippen molar-refractivity contribution in [1.29, 1.82) is 0 Å². The summed E-state index contributed by atoms with van der Waals surface area (Å²) in [4.78, 5) is 14.4. The Hall–Kier alpha value is -3.02. The molecule has 0 atom stereocenters. The Morgan fingerprint density at radius 1 is 1.19 bits per heavy atom. The Kier molecular flexibility index (Phi) is 4.84. The summed E-state index contributed by atoms with van der Waals surface area (Å²) in [5, 5.41) is 13.6. The second-order valence-corrected chi connectivity index (χ2v) is 5.90. The number of amides is 1. The molecule has 0 spiro atoms. The predicted molar refractivity (Wildman–Crippen MR) is 100 cm³/mol. The van der Waals surface area contributed by atoms with E-state index < -0.39 is 0 Å². The number of hydrogen-bond donors (Lipinski definition) is 2. The molecule has 0 bridgehead atoms. The number of carbonyl (C=O) groups excluding carboxylic acids is 1. The lowest BCUT2D eigenvalue weighted by molar-refractivity contribution is 0.0964. The van der Waals surface area contributed by atoms with Gasteiger partial charge in [0, 0.05) is 37.2 Å². The SMILES string of the molecule is CCN(CC)c1cc2oc(-c3ccc(F)cc3)c(C(=O)NC)c2cc1O. The van der Waals surface area contributed by atoms with E-state index in [1.165, 1.54) is 19.2 Å². The first kappa shape index (κ1) is 17.8. The van der Waals surface area contributed by atoms with E-state index in [1.807, 2.05) is 18.7 Å². The molecule has 3 rings (SSSR count). The smallest absolute Gasteiger partial charge is 0.255 e. The van der Waals surface area contributed by atoms with E-state index in [0.29, 0.717) is 33.5 Å². The van der Waals surface area contributed by atoms with Gasteiger partial charge in [0.15, 0.2) is 0 Å². The zero-order valence-corrected chi connectivity index (χ0v) is 15.0. The van der Waals surface area contributed by atoms with Crippen molar-refractivity contribution in [2.24, 2.45) is 0 Å². The number of rotatable bonds is 5. The highest BCUT2D eigenvalue weighted by Crippen LogP contribution is 2.39. The molecule has 0 radical (unpaired) electrons. The number of phenols is 1. The molecule has 0 saturated carbocycles. The summed E-state index contributed by atoms with van der Waals surface area (Å²) in [6.45, 7) is 5.44. The fraction of sp³-hybridized carbons (Fsp3) is 0.250. The number of furan rings is 1. The van der Waals surface area contributed by atoms with Crippen LogP contribution in [0.2, 0.25) is 0 Å². The number of nitrogens with zero attached hydrogens (tertiary/aromatic N) is 1. The lowest BCUT2D eigenvalue weighted by Crippen LogP contribution is -2.21. The van der Waals surface area contributed by atoms with Gasteiger partial charge in [-0.1, -0.05) is 0 Å². The molecule has 2 N–H and O–H groups in total. The van der Waals surface area contributed by atoms with E-state index in [-0.39, 0.29) is 17.5 Å². The fourth-order valence-corrected chi connectivity index (χ4v) is 3.09. The fourth-order valence-electron chi connectivity index (χ4n) is 3.09. The van der Waals surface area contributed by atoms with Crippen molar-refractivity contribution in [2.45, 2.75) is 13.8 Å². The number of hydrogen-bond acceptors (Lipinski definition) is 4. The largest absolute Gasteiger partial charge is 0.506 e. The number of aromatic hydroxyl groups is 1. The van der Waals surface area contributed by atoms with Crippen molar-refractivity contribution >= 4 is 22.6 Å². The third-order valence-electron chi connectivity index (χ3n) is 4.45. The summed E-state index contributed by atoms with van der Waals surface area (Å²) in [5.41, 5.74) is 2.04. The first-order valence-electron chi connectivity index (χ1n) is 8.52. The molecule has 1 heterocycles. The van der Waals surface area contributed by atoms with Crippen molar-refractivity contribution in [1.82, 2.24) is 5.32 Å². The summed E-state index contributed by atoms with van der Waals surface area (Å²) in [5.74, 6) is -0.279. The van der Waals surface area contributed by atoms with Crippen molar-refractivity contribution in [2.75, 3.05) is 25.0 Å². The van der Waals surface area contributed by atoms with E-state index in [9.17, 15) is 14.3 Å². The van der Waals surface area contributed by atoms with Gasteiger partial charge in [-0.25, -0.2) is 4.39 Å². The highest BCUT2D eigenvalue weighted by Gasteiger charge is 2.23. The van der Waals surface area contributed by atoms with Crippen LogP contribution in [0.3, 0.4) is 0 Å². The Bertz CT molecular complexity index is 944. The molecule has 5 nitrogen and oxygen atoms in total. The van der Waals surface area contributed by atoms with Crippen molar-refractivity contribution in [3.05, 3.63) is 47.8 Å². The molecule has 0 aliphatic carbocycles. The number of nitrogens with one attached hydrogen (secondary N) is 1. The van der Waals surface area contributed by atoms with Crippen LogP contribution in [0.25, 0.3) is 22.3 Å². The third-order valence-corrected chi connectivity index (χ3v) is 4.45. The molecule has 136 valence electrons. The quantitative estimate of drug-likeness (QED) is 0.721. The van der Waals surface area contributed by atoms with Crippen LogP contribution in [0, 0.1) is 5.82 Å². The Morgan fingerprint density at radius 3 is 2.42 bits per heavy atom. The second-order valence-electron chi connectivity index (χ2n) is 5.90. The maximum absolute atomic E-state index is 13.3. The lowest BCUT2D eigenvalue weighted by Gasteiger charge is -2.21. The van der Waals surface area contributed by atoms with E-state index in [2.05, 4.69) is 5.32 Å². The minimum absolute atomic E-state index is 0.0813. The van der Waals surface area contributed by atoms with Crippen molar-refractivity contribution in [3.8, 4) is 17.1 Å². The van der Waals surface area contributed by atoms with Gasteiger partial charge in [0.05, 0.1) is 11.3 Å². The van der Waals surface area contributed by atoms with Crippen LogP contribution >= 0.6 is 0 Å². The summed E-state index contributed by atoms with van der Waals surface area (Å²) in [7, 11) is 1.53. The van der Waals surface area contributed by atoms with E-state index in [1.54, 1.807) is 24.3 Å². The first-order chi connectivity index (χ1) is 12.5. The highest BCUT2D eigenvalue weighted by atomic mass is 19.1. The molecular formula is C20H21FN2O3. The Balaban J connectivity index is 2.27. The maximum atomic E-state index is 13.3. The first-order valence-corrected chi connectivity index (χ1v) is 8.52. The van der Waals surface area contributed by atoms with Crippen LogP contribution < -0.4 is 10.2 Å². The minimum atomic E-state index is -0.368. The number of fused-ring (bicyclic) bond motifs is 1. The molecular weight excluding hydrogens is 335 g/mol. The molecule has 1 amide bonds. The molecule has 26 heavy (non-hydrogen) atoms. The Labute approximate surface area is 151 Å². The number of benzene rings is 2. The van der Waals surface area contributed by atoms with Crippen LogP contribution in [-0.2, 0) is 0 Å². The van der Waals surface area contributed by atoms with E-state index >= 15 is 0 Å².